The predicted octanol–water partition coefficient (Wildman–Crippen LogP) is 3.12. The lowest BCUT2D eigenvalue weighted by Crippen LogP contribution is -2.45. The fraction of sp³-hybridized carbons (Fsp3) is 0.519. The van der Waals surface area contributed by atoms with Gasteiger partial charge in [0.15, 0.2) is 0 Å². The van der Waals surface area contributed by atoms with E-state index in [1.165, 1.54) is 21.8 Å². The number of nitrogens with zero attached hydrogens (tertiary/aromatic N) is 2. The molecule has 4 rings (SSSR count). The highest BCUT2D eigenvalue weighted by atomic mass is 32.1. The number of hydrogen-bond acceptors (Lipinski definition) is 8. The summed E-state index contributed by atoms with van der Waals surface area (Å²) in [4.78, 5) is 42.3. The molecule has 1 aromatic carbocycles. The minimum Gasteiger partial charge on any atom is -0.460 e. The number of nitrogens with one attached hydrogen (secondary N) is 1. The lowest BCUT2D eigenvalue weighted by atomic mass is 10.1. The third-order valence-electron chi connectivity index (χ3n) is 6.46. The maximum atomic E-state index is 13.1. The Balaban J connectivity index is 1.34. The smallest absolute Gasteiger partial charge is 0.306 e. The summed E-state index contributed by atoms with van der Waals surface area (Å²) in [5.41, 5.74) is 8.80. The van der Waals surface area contributed by atoms with Crippen molar-refractivity contribution in [1.29, 1.82) is 0 Å². The van der Waals surface area contributed by atoms with E-state index < -0.39 is 23.5 Å². The lowest BCUT2D eigenvalue weighted by molar-refractivity contribution is -0.155. The molecule has 2 amide bonds. The quantitative estimate of drug-likeness (QED) is 0.456. The maximum Gasteiger partial charge on any atom is 0.306 e. The number of amides is 2. The molecule has 0 saturated carbocycles. The standard InChI is InChI=1S/C27H36N4O5S/c1-27(2,3)36-24(32)9-8-22(25(28)33)31-16-20-21(26(31)34)17-37-23(20)14-29-19-6-4-18(5-7-19)15-30-10-12-35-13-11-30/h4-7,17,22,29H,8-16H2,1-3H3,(H2,28,33). The first-order chi connectivity index (χ1) is 17.6. The van der Waals surface area contributed by atoms with Crippen LogP contribution in [0.4, 0.5) is 5.69 Å². The molecule has 200 valence electrons. The van der Waals surface area contributed by atoms with Crippen molar-refractivity contribution in [2.75, 3.05) is 31.6 Å². The summed E-state index contributed by atoms with van der Waals surface area (Å²) in [7, 11) is 0. The van der Waals surface area contributed by atoms with E-state index >= 15 is 0 Å². The Morgan fingerprint density at radius 3 is 2.54 bits per heavy atom. The van der Waals surface area contributed by atoms with E-state index in [1.807, 2.05) is 5.38 Å². The van der Waals surface area contributed by atoms with Crippen LogP contribution in [0.3, 0.4) is 0 Å². The van der Waals surface area contributed by atoms with Crippen molar-refractivity contribution in [2.45, 2.75) is 64.9 Å². The summed E-state index contributed by atoms with van der Waals surface area (Å²) in [6, 6.07) is 7.53. The second-order valence-electron chi connectivity index (χ2n) is 10.5. The van der Waals surface area contributed by atoms with E-state index in [1.54, 1.807) is 20.8 Å². The van der Waals surface area contributed by atoms with Gasteiger partial charge in [0.2, 0.25) is 5.91 Å². The van der Waals surface area contributed by atoms with Gasteiger partial charge in [-0.15, -0.1) is 11.3 Å². The molecule has 37 heavy (non-hydrogen) atoms. The van der Waals surface area contributed by atoms with E-state index in [0.29, 0.717) is 18.7 Å². The average molecular weight is 529 g/mol. The van der Waals surface area contributed by atoms with Gasteiger partial charge < -0.3 is 25.4 Å². The van der Waals surface area contributed by atoms with Gasteiger partial charge in [-0.3, -0.25) is 19.3 Å². The highest BCUT2D eigenvalue weighted by Crippen LogP contribution is 2.33. The summed E-state index contributed by atoms with van der Waals surface area (Å²) in [6.45, 7) is 10.6. The van der Waals surface area contributed by atoms with Gasteiger partial charge in [-0.25, -0.2) is 0 Å². The van der Waals surface area contributed by atoms with Crippen LogP contribution in [-0.4, -0.2) is 65.5 Å². The monoisotopic (exact) mass is 528 g/mol. The fourth-order valence-electron chi connectivity index (χ4n) is 4.60. The molecule has 3 N–H and O–H groups in total. The Hall–Kier alpha value is -2.95. The van der Waals surface area contributed by atoms with Gasteiger partial charge in [0.05, 0.1) is 18.8 Å². The Bertz CT molecular complexity index is 1120. The second-order valence-corrected chi connectivity index (χ2v) is 11.4. The van der Waals surface area contributed by atoms with E-state index in [9.17, 15) is 14.4 Å². The van der Waals surface area contributed by atoms with Crippen LogP contribution in [-0.2, 0) is 38.7 Å². The van der Waals surface area contributed by atoms with Crippen LogP contribution in [0, 0.1) is 0 Å². The van der Waals surface area contributed by atoms with Crippen molar-refractivity contribution in [3.8, 4) is 0 Å². The van der Waals surface area contributed by atoms with Crippen LogP contribution in [0.2, 0.25) is 0 Å². The molecule has 3 heterocycles. The third kappa shape index (κ3) is 7.09. The summed E-state index contributed by atoms with van der Waals surface area (Å²) >= 11 is 1.53. The molecule has 0 spiro atoms. The molecule has 0 bridgehead atoms. The van der Waals surface area contributed by atoms with Gasteiger partial charge >= 0.3 is 5.97 Å². The number of benzene rings is 1. The summed E-state index contributed by atoms with van der Waals surface area (Å²) in [6.07, 6.45) is 0.144. The van der Waals surface area contributed by atoms with Crippen LogP contribution >= 0.6 is 11.3 Å². The minimum atomic E-state index is -0.864. The highest BCUT2D eigenvalue weighted by Gasteiger charge is 2.38. The molecule has 0 aliphatic carbocycles. The molecule has 1 atom stereocenters. The van der Waals surface area contributed by atoms with Crippen LogP contribution in [0.1, 0.15) is 60.0 Å². The number of hydrogen-bond donors (Lipinski definition) is 2. The SMILES string of the molecule is CC(C)(C)OC(=O)CCC(C(N)=O)N1Cc2c(csc2CNc2ccc(CN3CCOCC3)cc2)C1=O. The minimum absolute atomic E-state index is 0.0114. The third-order valence-corrected chi connectivity index (χ3v) is 7.49. The summed E-state index contributed by atoms with van der Waals surface area (Å²) in [5.74, 6) is -1.26. The topological polar surface area (TPSA) is 114 Å². The van der Waals surface area contributed by atoms with Gasteiger partial charge in [0, 0.05) is 55.1 Å². The average Bonchev–Trinajstić information content (AvgIpc) is 3.38. The zero-order valence-electron chi connectivity index (χ0n) is 21.7. The first-order valence-electron chi connectivity index (χ1n) is 12.6. The predicted molar refractivity (Wildman–Crippen MR) is 142 cm³/mol. The van der Waals surface area contributed by atoms with Gasteiger partial charge in [-0.05, 0) is 50.5 Å². The molecule has 10 heteroatoms. The van der Waals surface area contributed by atoms with E-state index in [4.69, 9.17) is 15.2 Å². The van der Waals surface area contributed by atoms with Crippen molar-refractivity contribution in [3.05, 3.63) is 51.2 Å². The first kappa shape index (κ1) is 27.1. The second kappa shape index (κ2) is 11.6. The summed E-state index contributed by atoms with van der Waals surface area (Å²) < 4.78 is 10.7. The molecule has 2 aromatic rings. The molecule has 0 radical (unpaired) electrons. The number of primary amides is 1. The first-order valence-corrected chi connectivity index (χ1v) is 13.5. The zero-order valence-corrected chi connectivity index (χ0v) is 22.6. The Morgan fingerprint density at radius 1 is 1.19 bits per heavy atom. The normalized spacial score (nSPS) is 16.9. The Kier molecular flexibility index (Phi) is 8.51. The number of carbonyl (C=O) groups excluding carboxylic acids is 3. The molecule has 2 aliphatic rings. The Morgan fingerprint density at radius 2 is 1.89 bits per heavy atom. The molecule has 2 aliphatic heterocycles. The number of carbonyl (C=O) groups is 3. The van der Waals surface area contributed by atoms with Crippen LogP contribution in [0.5, 0.6) is 0 Å². The van der Waals surface area contributed by atoms with Crippen molar-refractivity contribution in [3.63, 3.8) is 0 Å². The number of esters is 1. The van der Waals surface area contributed by atoms with Gasteiger partial charge in [0.25, 0.3) is 5.91 Å². The van der Waals surface area contributed by atoms with Crippen LogP contribution in [0.25, 0.3) is 0 Å². The van der Waals surface area contributed by atoms with Crippen molar-refractivity contribution in [2.24, 2.45) is 5.73 Å². The number of fused-ring (bicyclic) bond motifs is 1. The molecule has 1 unspecified atom stereocenters. The molecule has 9 nitrogen and oxygen atoms in total. The van der Waals surface area contributed by atoms with Crippen LogP contribution < -0.4 is 11.1 Å². The van der Waals surface area contributed by atoms with Gasteiger partial charge in [-0.1, -0.05) is 12.1 Å². The lowest BCUT2D eigenvalue weighted by Gasteiger charge is -2.26. The summed E-state index contributed by atoms with van der Waals surface area (Å²) in [5, 5.41) is 5.28. The number of rotatable bonds is 10. The van der Waals surface area contributed by atoms with E-state index in [2.05, 4.69) is 34.5 Å². The van der Waals surface area contributed by atoms with Gasteiger partial charge in [-0.2, -0.15) is 0 Å². The van der Waals surface area contributed by atoms with Crippen molar-refractivity contribution in [1.82, 2.24) is 9.80 Å². The van der Waals surface area contributed by atoms with Gasteiger partial charge in [0.1, 0.15) is 11.6 Å². The molecular formula is C27H36N4O5S. The molecule has 1 fully saturated rings. The largest absolute Gasteiger partial charge is 0.460 e. The number of anilines is 1. The molecule has 1 aromatic heterocycles. The zero-order chi connectivity index (χ0) is 26.6. The number of ether oxygens (including phenoxy) is 2. The molecule has 1 saturated heterocycles. The van der Waals surface area contributed by atoms with Crippen LogP contribution in [0.15, 0.2) is 29.6 Å². The number of thiophene rings is 1. The van der Waals surface area contributed by atoms with E-state index in [-0.39, 0.29) is 18.7 Å². The Labute approximate surface area is 221 Å². The van der Waals surface area contributed by atoms with Crippen molar-refractivity contribution < 1.29 is 23.9 Å². The van der Waals surface area contributed by atoms with E-state index in [0.717, 1.165) is 49.0 Å². The highest BCUT2D eigenvalue weighted by molar-refractivity contribution is 7.10. The molecular weight excluding hydrogens is 492 g/mol. The fourth-order valence-corrected chi connectivity index (χ4v) is 5.57. The number of morpholine rings is 1. The number of nitrogens with two attached hydrogens (primary N) is 1. The van der Waals surface area contributed by atoms with Crippen molar-refractivity contribution >= 4 is 34.8 Å². The maximum absolute atomic E-state index is 13.1.